The summed E-state index contributed by atoms with van der Waals surface area (Å²) in [5, 5.41) is 8.71. The quantitative estimate of drug-likeness (QED) is 0.296. The summed E-state index contributed by atoms with van der Waals surface area (Å²) >= 11 is 0. The van der Waals surface area contributed by atoms with Crippen molar-refractivity contribution >= 4 is 28.6 Å². The molecule has 45 heavy (non-hydrogen) atoms. The van der Waals surface area contributed by atoms with Gasteiger partial charge >= 0.3 is 6.03 Å². The second kappa shape index (κ2) is 13.0. The van der Waals surface area contributed by atoms with Gasteiger partial charge in [-0.3, -0.25) is 14.6 Å². The Bertz CT molecular complexity index is 1670. The highest BCUT2D eigenvalue weighted by atomic mass is 16.5. The van der Waals surface area contributed by atoms with Gasteiger partial charge in [-0.15, -0.1) is 0 Å². The highest BCUT2D eigenvalue weighted by Gasteiger charge is 2.52. The Morgan fingerprint density at radius 1 is 0.911 bits per heavy atom. The van der Waals surface area contributed by atoms with Crippen LogP contribution in [0, 0.1) is 0 Å². The van der Waals surface area contributed by atoms with Crippen molar-refractivity contribution in [2.45, 2.75) is 51.6 Å². The molecule has 0 saturated carbocycles. The maximum atomic E-state index is 14.2. The second-order valence-electron chi connectivity index (χ2n) is 11.9. The van der Waals surface area contributed by atoms with Gasteiger partial charge < -0.3 is 19.9 Å². The van der Waals surface area contributed by atoms with E-state index in [0.717, 1.165) is 33.2 Å². The molecule has 1 N–H and O–H groups in total. The van der Waals surface area contributed by atoms with Crippen molar-refractivity contribution in [3.63, 3.8) is 0 Å². The average Bonchev–Trinajstić information content (AvgIpc) is 3.37. The van der Waals surface area contributed by atoms with Crippen molar-refractivity contribution in [2.75, 3.05) is 20.2 Å². The van der Waals surface area contributed by atoms with Gasteiger partial charge in [-0.2, -0.15) is 5.01 Å². The monoisotopic (exact) mass is 605 g/mol. The normalized spacial score (nSPS) is 18.4. The summed E-state index contributed by atoms with van der Waals surface area (Å²) in [7, 11) is 1.62. The summed E-state index contributed by atoms with van der Waals surface area (Å²) in [6.07, 6.45) is -0.0966. The van der Waals surface area contributed by atoms with Crippen molar-refractivity contribution < 1.29 is 19.1 Å². The molecule has 4 aromatic rings. The minimum Gasteiger partial charge on any atom is -0.497 e. The first-order valence-electron chi connectivity index (χ1n) is 15.4. The van der Waals surface area contributed by atoms with Gasteiger partial charge in [-0.25, -0.2) is 4.79 Å². The van der Waals surface area contributed by atoms with E-state index in [4.69, 9.17) is 4.74 Å². The van der Waals surface area contributed by atoms with Crippen LogP contribution in [0.1, 0.15) is 30.5 Å². The molecular weight excluding hydrogens is 566 g/mol. The zero-order valence-electron chi connectivity index (χ0n) is 25.9. The number of fused-ring (bicyclic) bond motifs is 2. The molecule has 9 heteroatoms. The molecule has 0 aliphatic carbocycles. The Balaban J connectivity index is 1.30. The number of carbonyl (C=O) groups is 3. The summed E-state index contributed by atoms with van der Waals surface area (Å²) in [6, 6.07) is 30.4. The first-order chi connectivity index (χ1) is 21.8. The molecule has 4 aromatic carbocycles. The minimum atomic E-state index is -0.685. The third kappa shape index (κ3) is 6.21. The lowest BCUT2D eigenvalue weighted by molar-refractivity contribution is -0.158. The van der Waals surface area contributed by atoms with Crippen LogP contribution >= 0.6 is 0 Å². The molecule has 4 amide bonds. The minimum absolute atomic E-state index is 0.0134. The van der Waals surface area contributed by atoms with Gasteiger partial charge in [-0.05, 0) is 53.4 Å². The summed E-state index contributed by atoms with van der Waals surface area (Å²) in [6.45, 7) is 4.90. The van der Waals surface area contributed by atoms with E-state index in [1.165, 1.54) is 0 Å². The molecule has 9 nitrogen and oxygen atoms in total. The maximum Gasteiger partial charge on any atom is 0.332 e. The van der Waals surface area contributed by atoms with Crippen LogP contribution in [0.3, 0.4) is 0 Å². The van der Waals surface area contributed by atoms with Gasteiger partial charge in [0.25, 0.3) is 0 Å². The summed E-state index contributed by atoms with van der Waals surface area (Å²) in [5.74, 6) is 0.500. The summed E-state index contributed by atoms with van der Waals surface area (Å²) in [5.41, 5.74) is 2.95. The Kier molecular flexibility index (Phi) is 8.71. The van der Waals surface area contributed by atoms with E-state index >= 15 is 0 Å². The van der Waals surface area contributed by atoms with Crippen molar-refractivity contribution in [3.05, 3.63) is 114 Å². The van der Waals surface area contributed by atoms with E-state index < -0.39 is 12.2 Å². The molecule has 0 aromatic heterocycles. The van der Waals surface area contributed by atoms with Gasteiger partial charge in [0.15, 0.2) is 0 Å². The molecule has 232 valence electrons. The number of methoxy groups -OCH3 is 1. The summed E-state index contributed by atoms with van der Waals surface area (Å²) < 4.78 is 5.25. The van der Waals surface area contributed by atoms with E-state index in [1.807, 2.05) is 96.6 Å². The Morgan fingerprint density at radius 2 is 1.62 bits per heavy atom. The number of nitrogens with zero attached hydrogens (tertiary/aromatic N) is 4. The van der Waals surface area contributed by atoms with Crippen LogP contribution in [0.2, 0.25) is 0 Å². The number of hydrogen-bond donors (Lipinski definition) is 1. The number of piperazine rings is 1. The molecule has 2 atom stereocenters. The number of hydrazine groups is 1. The molecule has 6 rings (SSSR count). The first-order valence-corrected chi connectivity index (χ1v) is 15.4. The third-order valence-corrected chi connectivity index (χ3v) is 8.66. The van der Waals surface area contributed by atoms with Crippen molar-refractivity contribution in [3.8, 4) is 5.75 Å². The molecule has 2 aliphatic heterocycles. The zero-order valence-corrected chi connectivity index (χ0v) is 25.9. The molecule has 2 saturated heterocycles. The van der Waals surface area contributed by atoms with Crippen LogP contribution < -0.4 is 10.1 Å². The number of urea groups is 1. The van der Waals surface area contributed by atoms with Crippen LogP contribution in [0.4, 0.5) is 4.79 Å². The van der Waals surface area contributed by atoms with Gasteiger partial charge in [0.2, 0.25) is 11.8 Å². The average molecular weight is 606 g/mol. The van der Waals surface area contributed by atoms with Crippen LogP contribution in [0.15, 0.2) is 97.1 Å². The number of amides is 4. The van der Waals surface area contributed by atoms with Crippen LogP contribution in [0.25, 0.3) is 10.8 Å². The maximum absolute atomic E-state index is 14.2. The summed E-state index contributed by atoms with van der Waals surface area (Å²) in [4.78, 5) is 45.3. The van der Waals surface area contributed by atoms with Gasteiger partial charge in [0, 0.05) is 25.6 Å². The number of rotatable bonds is 9. The molecule has 0 bridgehead atoms. The molecule has 2 aliphatic rings. The predicted octanol–water partition coefficient (Wildman–Crippen LogP) is 4.81. The van der Waals surface area contributed by atoms with Crippen molar-refractivity contribution in [1.82, 2.24) is 25.1 Å². The fourth-order valence-electron chi connectivity index (χ4n) is 6.49. The van der Waals surface area contributed by atoms with E-state index in [9.17, 15) is 14.4 Å². The fourth-order valence-corrected chi connectivity index (χ4v) is 6.49. The zero-order chi connectivity index (χ0) is 31.5. The fraction of sp³-hybridized carbons (Fsp3) is 0.306. The Hall–Kier alpha value is -4.89. The van der Waals surface area contributed by atoms with Crippen molar-refractivity contribution in [2.24, 2.45) is 0 Å². The number of nitrogens with one attached hydrogen (secondary N) is 1. The predicted molar refractivity (Wildman–Crippen MR) is 173 cm³/mol. The van der Waals surface area contributed by atoms with E-state index in [2.05, 4.69) is 29.6 Å². The topological polar surface area (TPSA) is 85.4 Å². The molecule has 0 spiro atoms. The number of ether oxygens (including phenoxy) is 1. The standard InChI is InChI=1S/C36H39N5O4/c1-25(2)41(36(44)37-21-27-16-18-30(45-3)19-17-27)39-24-34(42)40-32(20-26-10-5-4-6-11-26)35(43)38(23-33(39)40)22-29-14-9-13-28-12-7-8-15-31(28)29/h4-19,25,32-33H,20-24H2,1-3H3,(H,37,44)/t32-,33+/m0/s1. The van der Waals surface area contributed by atoms with Gasteiger partial charge in [0.1, 0.15) is 18.0 Å². The van der Waals surface area contributed by atoms with Gasteiger partial charge in [-0.1, -0.05) is 84.9 Å². The second-order valence-corrected chi connectivity index (χ2v) is 11.9. The lowest BCUT2D eigenvalue weighted by Gasteiger charge is -2.47. The SMILES string of the molecule is COc1ccc(CNC(=O)N(C(C)C)N2CC(=O)N3[C@@H](Cc4ccccc4)C(=O)N(Cc4cccc5ccccc45)C[C@@H]32)cc1. The molecule has 0 unspecified atom stereocenters. The van der Waals surface area contributed by atoms with E-state index in [-0.39, 0.29) is 37.0 Å². The number of hydrogen-bond acceptors (Lipinski definition) is 5. The van der Waals surface area contributed by atoms with Gasteiger partial charge in [0.05, 0.1) is 20.2 Å². The number of benzene rings is 4. The smallest absolute Gasteiger partial charge is 0.332 e. The molecular formula is C36H39N5O4. The lowest BCUT2D eigenvalue weighted by Crippen LogP contribution is -2.66. The first kappa shape index (κ1) is 30.1. The lowest BCUT2D eigenvalue weighted by atomic mass is 9.99. The number of carbonyl (C=O) groups excluding carboxylic acids is 3. The van der Waals surface area contributed by atoms with Crippen LogP contribution in [-0.2, 0) is 29.1 Å². The van der Waals surface area contributed by atoms with Crippen LogP contribution in [-0.4, -0.2) is 76.1 Å². The molecule has 2 fully saturated rings. The van der Waals surface area contributed by atoms with E-state index in [0.29, 0.717) is 19.5 Å². The van der Waals surface area contributed by atoms with Crippen LogP contribution in [0.5, 0.6) is 5.75 Å². The Morgan fingerprint density at radius 3 is 2.36 bits per heavy atom. The Labute approximate surface area is 263 Å². The highest BCUT2D eigenvalue weighted by Crippen LogP contribution is 2.32. The highest BCUT2D eigenvalue weighted by molar-refractivity contribution is 5.92. The van der Waals surface area contributed by atoms with Crippen molar-refractivity contribution in [1.29, 1.82) is 0 Å². The largest absolute Gasteiger partial charge is 0.497 e. The molecule has 2 heterocycles. The van der Waals surface area contributed by atoms with E-state index in [1.54, 1.807) is 17.0 Å². The third-order valence-electron chi connectivity index (χ3n) is 8.66. The molecule has 0 radical (unpaired) electrons.